The lowest BCUT2D eigenvalue weighted by molar-refractivity contribution is 0.300. The Morgan fingerprint density at radius 2 is 2.56 bits per heavy atom. The van der Waals surface area contributed by atoms with Crippen LogP contribution in [-0.4, -0.2) is 10.3 Å². The van der Waals surface area contributed by atoms with Gasteiger partial charge in [0.1, 0.15) is 0 Å². The van der Waals surface area contributed by atoms with Gasteiger partial charge in [0.2, 0.25) is 0 Å². The second-order valence-corrected chi connectivity index (χ2v) is 1.81. The molecule has 0 aliphatic heterocycles. The van der Waals surface area contributed by atoms with Crippen LogP contribution in [0.25, 0.3) is 0 Å². The molecule has 1 aromatic heterocycles. The van der Waals surface area contributed by atoms with E-state index >= 15 is 0 Å². The van der Waals surface area contributed by atoms with E-state index in [1.165, 1.54) is 0 Å². The van der Waals surface area contributed by atoms with Gasteiger partial charge in [-0.2, -0.15) is 5.16 Å². The van der Waals surface area contributed by atoms with Crippen molar-refractivity contribution in [2.75, 3.05) is 0 Å². The lowest BCUT2D eigenvalue weighted by Crippen LogP contribution is -2.05. The maximum absolute atomic E-state index is 10.6. The van der Waals surface area contributed by atoms with Crippen molar-refractivity contribution in [1.82, 2.24) is 10.3 Å². The van der Waals surface area contributed by atoms with Gasteiger partial charge in [0.25, 0.3) is 0 Å². The summed E-state index contributed by atoms with van der Waals surface area (Å²) in [6.45, 7) is 1.98. The number of aromatic nitrogens is 2. The monoisotopic (exact) mass is 128 g/mol. The van der Waals surface area contributed by atoms with Crippen LogP contribution >= 0.6 is 0 Å². The molecule has 0 saturated carbocycles. The van der Waals surface area contributed by atoms with Crippen LogP contribution in [-0.2, 0) is 6.42 Å². The van der Waals surface area contributed by atoms with Gasteiger partial charge in [-0.15, -0.1) is 0 Å². The maximum Gasteiger partial charge on any atom is 0.303 e. The first-order chi connectivity index (χ1) is 4.34. The number of hydrogen-bond donors (Lipinski definition) is 1. The first kappa shape index (κ1) is 6.07. The van der Waals surface area contributed by atoms with E-state index in [0.717, 1.165) is 6.42 Å². The highest BCUT2D eigenvalue weighted by Crippen LogP contribution is 1.88. The molecule has 9 heavy (non-hydrogen) atoms. The van der Waals surface area contributed by atoms with Crippen molar-refractivity contribution in [3.05, 3.63) is 16.0 Å². The SMILES string of the molecule is CCCc1no[nH]c1=O. The Morgan fingerprint density at radius 3 is 3.00 bits per heavy atom. The van der Waals surface area contributed by atoms with Gasteiger partial charge < -0.3 is 0 Å². The Bertz CT molecular complexity index is 225. The van der Waals surface area contributed by atoms with E-state index in [4.69, 9.17) is 0 Å². The zero-order valence-corrected chi connectivity index (χ0v) is 5.18. The second-order valence-electron chi connectivity index (χ2n) is 1.81. The van der Waals surface area contributed by atoms with E-state index in [1.807, 2.05) is 6.92 Å². The van der Waals surface area contributed by atoms with Crippen LogP contribution in [0.1, 0.15) is 19.0 Å². The number of aryl methyl sites for hydroxylation is 1. The van der Waals surface area contributed by atoms with Gasteiger partial charge in [-0.3, -0.25) is 9.42 Å². The van der Waals surface area contributed by atoms with Crippen LogP contribution < -0.4 is 5.56 Å². The van der Waals surface area contributed by atoms with Gasteiger partial charge in [-0.05, 0) is 6.42 Å². The third kappa shape index (κ3) is 1.19. The van der Waals surface area contributed by atoms with Crippen LogP contribution in [0, 0.1) is 0 Å². The van der Waals surface area contributed by atoms with E-state index in [1.54, 1.807) is 0 Å². The normalized spacial score (nSPS) is 9.89. The summed E-state index contributed by atoms with van der Waals surface area (Å²) >= 11 is 0. The Balaban J connectivity index is 2.81. The van der Waals surface area contributed by atoms with Crippen LogP contribution in [0.3, 0.4) is 0 Å². The van der Waals surface area contributed by atoms with E-state index in [-0.39, 0.29) is 5.56 Å². The van der Waals surface area contributed by atoms with Crippen LogP contribution in [0.15, 0.2) is 9.42 Å². The summed E-state index contributed by atoms with van der Waals surface area (Å²) in [6.07, 6.45) is 1.60. The molecule has 50 valence electrons. The lowest BCUT2D eigenvalue weighted by atomic mass is 10.3. The third-order valence-corrected chi connectivity index (χ3v) is 1.04. The number of aromatic amines is 1. The number of nitrogens with zero attached hydrogens (tertiary/aromatic N) is 1. The van der Waals surface area contributed by atoms with Gasteiger partial charge in [0, 0.05) is 0 Å². The molecule has 1 rings (SSSR count). The Labute approximate surface area is 51.8 Å². The standard InChI is InChI=1S/C5H8N2O2/c1-2-3-4-5(8)7-9-6-4/h2-3H2,1H3,(H,7,8). The fraction of sp³-hybridized carbons (Fsp3) is 0.600. The summed E-state index contributed by atoms with van der Waals surface area (Å²) in [6, 6.07) is 0. The molecule has 4 nitrogen and oxygen atoms in total. The van der Waals surface area contributed by atoms with Crippen molar-refractivity contribution < 1.29 is 4.63 Å². The van der Waals surface area contributed by atoms with Crippen LogP contribution in [0.2, 0.25) is 0 Å². The average molecular weight is 128 g/mol. The predicted molar refractivity (Wildman–Crippen MR) is 31.1 cm³/mol. The van der Waals surface area contributed by atoms with Gasteiger partial charge in [0.05, 0.1) is 0 Å². The van der Waals surface area contributed by atoms with E-state index in [0.29, 0.717) is 12.1 Å². The fourth-order valence-corrected chi connectivity index (χ4v) is 0.616. The molecule has 0 aliphatic carbocycles. The topological polar surface area (TPSA) is 58.9 Å². The predicted octanol–water partition coefficient (Wildman–Crippen LogP) is 0.315. The fourth-order valence-electron chi connectivity index (χ4n) is 0.616. The number of hydrogen-bond acceptors (Lipinski definition) is 3. The molecule has 0 radical (unpaired) electrons. The molecule has 0 amide bonds. The molecule has 1 heterocycles. The number of nitrogens with one attached hydrogen (secondary N) is 1. The molecule has 1 N–H and O–H groups in total. The largest absolute Gasteiger partial charge is 0.303 e. The van der Waals surface area contributed by atoms with Crippen molar-refractivity contribution in [3.63, 3.8) is 0 Å². The third-order valence-electron chi connectivity index (χ3n) is 1.04. The van der Waals surface area contributed by atoms with Crippen molar-refractivity contribution in [3.8, 4) is 0 Å². The lowest BCUT2D eigenvalue weighted by Gasteiger charge is -1.80. The zero-order chi connectivity index (χ0) is 6.69. The van der Waals surface area contributed by atoms with Crippen molar-refractivity contribution in [2.45, 2.75) is 19.8 Å². The summed E-state index contributed by atoms with van der Waals surface area (Å²) < 4.78 is 4.31. The Hall–Kier alpha value is -1.06. The van der Waals surface area contributed by atoms with Gasteiger partial charge >= 0.3 is 5.56 Å². The highest BCUT2D eigenvalue weighted by molar-refractivity contribution is 4.89. The Kier molecular flexibility index (Phi) is 1.67. The molecule has 0 aliphatic rings. The molecule has 0 aromatic carbocycles. The molecule has 0 atom stereocenters. The minimum absolute atomic E-state index is 0.211. The molecule has 4 heteroatoms. The smallest absolute Gasteiger partial charge is 0.267 e. The molecule has 1 aromatic rings. The summed E-state index contributed by atoms with van der Waals surface area (Å²) in [5.74, 6) is 0. The van der Waals surface area contributed by atoms with E-state index in [2.05, 4.69) is 14.9 Å². The summed E-state index contributed by atoms with van der Waals surface area (Å²) in [4.78, 5) is 10.6. The van der Waals surface area contributed by atoms with E-state index in [9.17, 15) is 4.79 Å². The Morgan fingerprint density at radius 1 is 1.78 bits per heavy atom. The maximum atomic E-state index is 10.6. The molecule has 0 spiro atoms. The zero-order valence-electron chi connectivity index (χ0n) is 5.18. The van der Waals surface area contributed by atoms with Crippen molar-refractivity contribution in [2.24, 2.45) is 0 Å². The average Bonchev–Trinajstić information content (AvgIpc) is 2.18. The van der Waals surface area contributed by atoms with Gasteiger partial charge in [0.15, 0.2) is 5.69 Å². The highest BCUT2D eigenvalue weighted by atomic mass is 16.6. The van der Waals surface area contributed by atoms with Crippen LogP contribution in [0.5, 0.6) is 0 Å². The van der Waals surface area contributed by atoms with Gasteiger partial charge in [-0.25, -0.2) is 0 Å². The highest BCUT2D eigenvalue weighted by Gasteiger charge is 1.99. The summed E-state index contributed by atoms with van der Waals surface area (Å²) in [5, 5.41) is 5.57. The van der Waals surface area contributed by atoms with Gasteiger partial charge in [-0.1, -0.05) is 18.5 Å². The minimum atomic E-state index is -0.211. The number of rotatable bonds is 2. The summed E-state index contributed by atoms with van der Waals surface area (Å²) in [7, 11) is 0. The van der Waals surface area contributed by atoms with Crippen molar-refractivity contribution >= 4 is 0 Å². The molecule has 0 bridgehead atoms. The molecular formula is C5H8N2O2. The quantitative estimate of drug-likeness (QED) is 0.623. The first-order valence-corrected chi connectivity index (χ1v) is 2.88. The number of H-pyrrole nitrogens is 1. The molecule has 0 fully saturated rings. The molecule has 0 unspecified atom stereocenters. The molecular weight excluding hydrogens is 120 g/mol. The van der Waals surface area contributed by atoms with E-state index < -0.39 is 0 Å². The van der Waals surface area contributed by atoms with Crippen molar-refractivity contribution in [1.29, 1.82) is 0 Å². The molecule has 0 saturated heterocycles. The summed E-state index contributed by atoms with van der Waals surface area (Å²) in [5.41, 5.74) is 0.273. The minimum Gasteiger partial charge on any atom is -0.267 e. The second kappa shape index (κ2) is 2.48. The first-order valence-electron chi connectivity index (χ1n) is 2.88. The van der Waals surface area contributed by atoms with Crippen LogP contribution in [0.4, 0.5) is 0 Å².